The predicted molar refractivity (Wildman–Crippen MR) is 92.8 cm³/mol. The molecule has 122 valence electrons. The lowest BCUT2D eigenvalue weighted by Gasteiger charge is -2.07. The number of hydrazone groups is 1. The smallest absolute Gasteiger partial charge is 0.277 e. The van der Waals surface area contributed by atoms with E-state index >= 15 is 0 Å². The summed E-state index contributed by atoms with van der Waals surface area (Å²) in [6, 6.07) is 16.6. The molecule has 0 unspecified atom stereocenters. The number of hydrogen-bond acceptors (Lipinski definition) is 4. The van der Waals surface area contributed by atoms with Crippen LogP contribution in [0.4, 0.5) is 0 Å². The Hall–Kier alpha value is -3.13. The minimum Gasteiger partial charge on any atom is -0.484 e. The third-order valence-electron chi connectivity index (χ3n) is 3.39. The molecule has 5 heteroatoms. The summed E-state index contributed by atoms with van der Waals surface area (Å²) in [4.78, 5) is 11.8. The normalized spacial score (nSPS) is 10.8. The number of carbonyl (C=O) groups is 1. The van der Waals surface area contributed by atoms with Gasteiger partial charge in [-0.25, -0.2) is 5.43 Å². The molecule has 0 saturated heterocycles. The van der Waals surface area contributed by atoms with Gasteiger partial charge in [0, 0.05) is 0 Å². The van der Waals surface area contributed by atoms with E-state index in [0.717, 1.165) is 11.3 Å². The van der Waals surface area contributed by atoms with Crippen LogP contribution >= 0.6 is 0 Å². The van der Waals surface area contributed by atoms with Gasteiger partial charge in [0.1, 0.15) is 5.75 Å². The number of nitrogens with one attached hydrogen (secondary N) is 1. The van der Waals surface area contributed by atoms with Crippen LogP contribution in [0.25, 0.3) is 0 Å². The Labute approximate surface area is 141 Å². The Balaban J connectivity index is 1.90. The maximum absolute atomic E-state index is 11.8. The highest BCUT2D eigenvalue weighted by Crippen LogP contribution is 2.11. The molecule has 2 aromatic rings. The first kappa shape index (κ1) is 17.2. The maximum Gasteiger partial charge on any atom is 0.277 e. The number of nitriles is 1. The number of amides is 1. The van der Waals surface area contributed by atoms with Crippen molar-refractivity contribution in [3.8, 4) is 11.8 Å². The van der Waals surface area contributed by atoms with E-state index in [-0.39, 0.29) is 12.5 Å². The van der Waals surface area contributed by atoms with E-state index in [0.29, 0.717) is 17.7 Å². The molecule has 0 aliphatic rings. The lowest BCUT2D eigenvalue weighted by Crippen LogP contribution is -2.26. The van der Waals surface area contributed by atoms with E-state index in [1.165, 1.54) is 5.56 Å². The molecule has 1 N–H and O–H groups in total. The number of ether oxygens (including phenoxy) is 1. The Morgan fingerprint density at radius 3 is 2.42 bits per heavy atom. The number of hydrogen-bond donors (Lipinski definition) is 1. The molecule has 0 aromatic heterocycles. The highest BCUT2D eigenvalue weighted by Gasteiger charge is 2.05. The summed E-state index contributed by atoms with van der Waals surface area (Å²) in [5.41, 5.74) is 6.02. The van der Waals surface area contributed by atoms with Crippen molar-refractivity contribution in [1.82, 2.24) is 5.43 Å². The molecule has 5 nitrogen and oxygen atoms in total. The van der Waals surface area contributed by atoms with E-state index in [1.807, 2.05) is 44.2 Å². The fourth-order valence-corrected chi connectivity index (χ4v) is 2.03. The van der Waals surface area contributed by atoms with Gasteiger partial charge in [-0.05, 0) is 43.2 Å². The average Bonchev–Trinajstić information content (AvgIpc) is 2.62. The SMILES string of the molecule is CC/C(=N/NC(=O)COc1ccc(C#N)cc1)c1ccc(C)cc1. The van der Waals surface area contributed by atoms with Gasteiger partial charge in [0.2, 0.25) is 0 Å². The first-order valence-electron chi connectivity index (χ1n) is 7.67. The van der Waals surface area contributed by atoms with E-state index in [1.54, 1.807) is 24.3 Å². The van der Waals surface area contributed by atoms with E-state index in [9.17, 15) is 4.79 Å². The summed E-state index contributed by atoms with van der Waals surface area (Å²) >= 11 is 0. The quantitative estimate of drug-likeness (QED) is 0.656. The van der Waals surface area contributed by atoms with Crippen LogP contribution in [0.5, 0.6) is 5.75 Å². The van der Waals surface area contributed by atoms with Gasteiger partial charge in [-0.15, -0.1) is 0 Å². The summed E-state index contributed by atoms with van der Waals surface area (Å²) < 4.78 is 5.36. The van der Waals surface area contributed by atoms with Gasteiger partial charge in [-0.3, -0.25) is 4.79 Å². The summed E-state index contributed by atoms with van der Waals surface area (Å²) in [5, 5.41) is 12.9. The lowest BCUT2D eigenvalue weighted by atomic mass is 10.1. The Kier molecular flexibility index (Phi) is 6.09. The van der Waals surface area contributed by atoms with Gasteiger partial charge in [0.25, 0.3) is 5.91 Å². The highest BCUT2D eigenvalue weighted by molar-refractivity contribution is 6.00. The molecule has 0 atom stereocenters. The van der Waals surface area contributed by atoms with Gasteiger partial charge in [0.15, 0.2) is 6.61 Å². The molecule has 2 rings (SSSR count). The van der Waals surface area contributed by atoms with Crippen LogP contribution in [-0.2, 0) is 4.79 Å². The van der Waals surface area contributed by atoms with Crippen LogP contribution in [0.1, 0.15) is 30.0 Å². The van der Waals surface area contributed by atoms with E-state index in [2.05, 4.69) is 10.5 Å². The first-order valence-corrected chi connectivity index (χ1v) is 7.67. The summed E-state index contributed by atoms with van der Waals surface area (Å²) in [7, 11) is 0. The number of benzene rings is 2. The van der Waals surface area contributed by atoms with Gasteiger partial charge in [-0.1, -0.05) is 36.8 Å². The molecular formula is C19H19N3O2. The molecule has 0 aliphatic heterocycles. The van der Waals surface area contributed by atoms with E-state index < -0.39 is 0 Å². The van der Waals surface area contributed by atoms with Gasteiger partial charge < -0.3 is 4.74 Å². The fourth-order valence-electron chi connectivity index (χ4n) is 2.03. The molecule has 2 aromatic carbocycles. The molecule has 0 radical (unpaired) electrons. The minimum absolute atomic E-state index is 0.139. The van der Waals surface area contributed by atoms with Crippen molar-refractivity contribution in [1.29, 1.82) is 5.26 Å². The molecule has 0 bridgehead atoms. The zero-order valence-corrected chi connectivity index (χ0v) is 13.7. The van der Waals surface area contributed by atoms with Gasteiger partial charge in [-0.2, -0.15) is 10.4 Å². The number of aryl methyl sites for hydroxylation is 1. The third kappa shape index (κ3) is 4.96. The van der Waals surface area contributed by atoms with Crippen molar-refractivity contribution in [2.75, 3.05) is 6.61 Å². The van der Waals surface area contributed by atoms with Gasteiger partial charge in [0.05, 0.1) is 17.3 Å². The fraction of sp³-hybridized carbons (Fsp3) is 0.211. The van der Waals surface area contributed by atoms with Crippen molar-refractivity contribution >= 4 is 11.6 Å². The van der Waals surface area contributed by atoms with Crippen LogP contribution < -0.4 is 10.2 Å². The summed E-state index contributed by atoms with van der Waals surface area (Å²) in [5.74, 6) is 0.194. The van der Waals surface area contributed by atoms with Crippen LogP contribution in [0.3, 0.4) is 0 Å². The zero-order chi connectivity index (χ0) is 17.4. The van der Waals surface area contributed by atoms with Crippen molar-refractivity contribution in [2.24, 2.45) is 5.10 Å². The Morgan fingerprint density at radius 1 is 1.17 bits per heavy atom. The molecule has 0 saturated carbocycles. The standard InChI is InChI=1S/C19H19N3O2/c1-3-18(16-8-4-14(2)5-9-16)21-22-19(23)13-24-17-10-6-15(12-20)7-11-17/h4-11H,3,13H2,1-2H3,(H,22,23)/b21-18-. The monoisotopic (exact) mass is 321 g/mol. The summed E-state index contributed by atoms with van der Waals surface area (Å²) in [6.07, 6.45) is 0.708. The van der Waals surface area contributed by atoms with Crippen LogP contribution in [0.2, 0.25) is 0 Å². The van der Waals surface area contributed by atoms with Gasteiger partial charge >= 0.3 is 0 Å². The largest absolute Gasteiger partial charge is 0.484 e. The second-order valence-electron chi connectivity index (χ2n) is 5.24. The van der Waals surface area contributed by atoms with Crippen LogP contribution in [0.15, 0.2) is 53.6 Å². The number of nitrogens with zero attached hydrogens (tertiary/aromatic N) is 2. The molecule has 1 amide bonds. The maximum atomic E-state index is 11.8. The predicted octanol–water partition coefficient (Wildman–Crippen LogP) is 3.18. The van der Waals surface area contributed by atoms with Crippen molar-refractivity contribution in [3.63, 3.8) is 0 Å². The van der Waals surface area contributed by atoms with Crippen LogP contribution in [-0.4, -0.2) is 18.2 Å². The van der Waals surface area contributed by atoms with Crippen LogP contribution in [0, 0.1) is 18.3 Å². The van der Waals surface area contributed by atoms with Crippen molar-refractivity contribution in [2.45, 2.75) is 20.3 Å². The topological polar surface area (TPSA) is 74.5 Å². The second-order valence-corrected chi connectivity index (χ2v) is 5.24. The molecule has 0 spiro atoms. The summed E-state index contributed by atoms with van der Waals surface area (Å²) in [6.45, 7) is 3.87. The highest BCUT2D eigenvalue weighted by atomic mass is 16.5. The molecular weight excluding hydrogens is 302 g/mol. The third-order valence-corrected chi connectivity index (χ3v) is 3.39. The molecule has 0 heterocycles. The molecule has 0 aliphatic carbocycles. The van der Waals surface area contributed by atoms with E-state index in [4.69, 9.17) is 10.00 Å². The lowest BCUT2D eigenvalue weighted by molar-refractivity contribution is -0.123. The van der Waals surface area contributed by atoms with Crippen molar-refractivity contribution < 1.29 is 9.53 Å². The number of carbonyl (C=O) groups excluding carboxylic acids is 1. The Morgan fingerprint density at radius 2 is 1.83 bits per heavy atom. The molecule has 0 fully saturated rings. The minimum atomic E-state index is -0.336. The first-order chi connectivity index (χ1) is 11.6. The second kappa shape index (κ2) is 8.49. The van der Waals surface area contributed by atoms with Crippen molar-refractivity contribution in [3.05, 3.63) is 65.2 Å². The Bertz CT molecular complexity index is 757. The average molecular weight is 321 g/mol. The zero-order valence-electron chi connectivity index (χ0n) is 13.7. The molecule has 24 heavy (non-hydrogen) atoms. The number of rotatable bonds is 6.